The quantitative estimate of drug-likeness (QED) is 0.142. The first-order valence-corrected chi connectivity index (χ1v) is 15.2. The summed E-state index contributed by atoms with van der Waals surface area (Å²) in [7, 11) is 0. The Morgan fingerprint density at radius 2 is 1.45 bits per heavy atom. The Hall–Kier alpha value is -4.24. The molecule has 3 atom stereocenters. The van der Waals surface area contributed by atoms with Crippen LogP contribution in [-0.2, 0) is 30.6 Å². The summed E-state index contributed by atoms with van der Waals surface area (Å²) in [5, 5.41) is 29.6. The first-order chi connectivity index (χ1) is 21.2. The molecule has 1 aromatic heterocycles. The highest BCUT2D eigenvalue weighted by Crippen LogP contribution is 2.14. The third-order valence-corrected chi connectivity index (χ3v) is 7.76. The van der Waals surface area contributed by atoms with E-state index in [0.29, 0.717) is 25.1 Å². The van der Waals surface area contributed by atoms with Crippen molar-refractivity contribution in [1.82, 2.24) is 20.5 Å². The van der Waals surface area contributed by atoms with E-state index in [1.807, 2.05) is 85.1 Å². The maximum atomic E-state index is 12.7. The Morgan fingerprint density at radius 3 is 2.14 bits per heavy atom. The van der Waals surface area contributed by atoms with Crippen molar-refractivity contribution < 1.29 is 19.8 Å². The zero-order valence-corrected chi connectivity index (χ0v) is 25.8. The molecule has 4 aromatic rings. The second-order valence-electron chi connectivity index (χ2n) is 11.5. The molecule has 1 heterocycles. The van der Waals surface area contributed by atoms with Crippen LogP contribution in [0.3, 0.4) is 0 Å². The van der Waals surface area contributed by atoms with E-state index in [1.54, 1.807) is 12.1 Å². The summed E-state index contributed by atoms with van der Waals surface area (Å²) < 4.78 is 1.92. The van der Waals surface area contributed by atoms with Crippen molar-refractivity contribution in [2.75, 3.05) is 13.2 Å². The van der Waals surface area contributed by atoms with Crippen molar-refractivity contribution in [3.63, 3.8) is 0 Å². The zero-order valence-electron chi connectivity index (χ0n) is 25.8. The largest absolute Gasteiger partial charge is 0.394 e. The van der Waals surface area contributed by atoms with Crippen LogP contribution in [0.5, 0.6) is 0 Å². The molecule has 0 spiro atoms. The van der Waals surface area contributed by atoms with Crippen molar-refractivity contribution in [3.8, 4) is 0 Å². The smallest absolute Gasteiger partial charge is 0.251 e. The van der Waals surface area contributed by atoms with Gasteiger partial charge in [0.25, 0.3) is 5.91 Å². The van der Waals surface area contributed by atoms with Crippen molar-refractivity contribution in [2.24, 2.45) is 0 Å². The van der Waals surface area contributed by atoms with Gasteiger partial charge in [0.15, 0.2) is 0 Å². The first kappa shape index (κ1) is 32.7. The van der Waals surface area contributed by atoms with Crippen LogP contribution in [0.1, 0.15) is 57.2 Å². The average molecular weight is 597 g/mol. The maximum absolute atomic E-state index is 12.7. The Bertz CT molecular complexity index is 1480. The molecule has 232 valence electrons. The number of hydrogen-bond donors (Lipinski definition) is 5. The molecule has 4 rings (SSSR count). The molecule has 0 saturated carbocycles. The minimum atomic E-state index is -0.626. The third kappa shape index (κ3) is 9.64. The number of rotatable bonds is 15. The Kier molecular flexibility index (Phi) is 11.9. The van der Waals surface area contributed by atoms with Gasteiger partial charge in [-0.15, -0.1) is 0 Å². The van der Waals surface area contributed by atoms with E-state index in [2.05, 4.69) is 35.0 Å². The standard InChI is InChI=1S/C36H44N4O4/c1-25(37-23-35(43)40-26(2)12-13-27(40)3)18-30-10-7-11-31(19-30)21-34(42)38-22-29-14-16-32(17-15-29)36(44)39-33(24-41)20-28-8-5-4-6-9-28/h4-17,19,25,33,35,37,41,43H,18,20-24H2,1-3H3,(H,38,42)(H,39,44)/t25?,33-,35-/m1/s1. The van der Waals surface area contributed by atoms with E-state index in [4.69, 9.17) is 0 Å². The molecular formula is C36H44N4O4. The van der Waals surface area contributed by atoms with E-state index >= 15 is 0 Å². The molecule has 0 saturated heterocycles. The Balaban J connectivity index is 1.21. The second kappa shape index (κ2) is 16.0. The Labute approximate surface area is 260 Å². The lowest BCUT2D eigenvalue weighted by Gasteiger charge is -2.21. The van der Waals surface area contributed by atoms with Crippen LogP contribution in [0, 0.1) is 13.8 Å². The van der Waals surface area contributed by atoms with Crippen LogP contribution in [0.4, 0.5) is 0 Å². The van der Waals surface area contributed by atoms with Gasteiger partial charge in [-0.3, -0.25) is 9.59 Å². The second-order valence-corrected chi connectivity index (χ2v) is 11.5. The number of aryl methyl sites for hydroxylation is 2. The molecule has 0 bridgehead atoms. The van der Waals surface area contributed by atoms with Crippen LogP contribution in [0.2, 0.25) is 0 Å². The Morgan fingerprint density at radius 1 is 0.795 bits per heavy atom. The highest BCUT2D eigenvalue weighted by atomic mass is 16.3. The van der Waals surface area contributed by atoms with Crippen LogP contribution in [0.25, 0.3) is 0 Å². The van der Waals surface area contributed by atoms with Crippen molar-refractivity contribution >= 4 is 11.8 Å². The normalized spacial score (nSPS) is 13.2. The number of carbonyl (C=O) groups is 2. The number of aliphatic hydroxyl groups excluding tert-OH is 2. The van der Waals surface area contributed by atoms with Gasteiger partial charge >= 0.3 is 0 Å². The molecule has 0 aliphatic heterocycles. The van der Waals surface area contributed by atoms with E-state index in [-0.39, 0.29) is 36.9 Å². The summed E-state index contributed by atoms with van der Waals surface area (Å²) in [6, 6.07) is 28.6. The predicted octanol–water partition coefficient (Wildman–Crippen LogP) is 4.01. The van der Waals surface area contributed by atoms with Gasteiger partial charge in [-0.2, -0.15) is 0 Å². The number of hydrogen-bond acceptors (Lipinski definition) is 5. The molecule has 5 N–H and O–H groups in total. The number of nitrogens with zero attached hydrogens (tertiary/aromatic N) is 1. The van der Waals surface area contributed by atoms with Crippen LogP contribution >= 0.6 is 0 Å². The third-order valence-electron chi connectivity index (χ3n) is 7.76. The lowest BCUT2D eigenvalue weighted by Crippen LogP contribution is -2.39. The summed E-state index contributed by atoms with van der Waals surface area (Å²) >= 11 is 0. The molecule has 44 heavy (non-hydrogen) atoms. The molecular weight excluding hydrogens is 552 g/mol. The van der Waals surface area contributed by atoms with Crippen molar-refractivity contribution in [3.05, 3.63) is 130 Å². The molecule has 0 fully saturated rings. The highest BCUT2D eigenvalue weighted by Gasteiger charge is 2.15. The average Bonchev–Trinajstić information content (AvgIpc) is 3.36. The van der Waals surface area contributed by atoms with E-state index in [9.17, 15) is 19.8 Å². The molecule has 0 aliphatic carbocycles. The van der Waals surface area contributed by atoms with E-state index < -0.39 is 6.23 Å². The molecule has 1 unspecified atom stereocenters. The summed E-state index contributed by atoms with van der Waals surface area (Å²) in [6.07, 6.45) is 0.964. The van der Waals surface area contributed by atoms with Crippen LogP contribution < -0.4 is 16.0 Å². The fraction of sp³-hybridized carbons (Fsp3) is 0.333. The van der Waals surface area contributed by atoms with Crippen molar-refractivity contribution in [2.45, 2.75) is 64.9 Å². The zero-order chi connectivity index (χ0) is 31.5. The highest BCUT2D eigenvalue weighted by molar-refractivity contribution is 5.94. The number of amides is 2. The lowest BCUT2D eigenvalue weighted by molar-refractivity contribution is -0.120. The lowest BCUT2D eigenvalue weighted by atomic mass is 10.0. The molecule has 0 aliphatic rings. The first-order valence-electron chi connectivity index (χ1n) is 15.2. The molecule has 0 radical (unpaired) electrons. The summed E-state index contributed by atoms with van der Waals surface area (Å²) in [5.41, 5.74) is 6.55. The monoisotopic (exact) mass is 596 g/mol. The molecule has 8 nitrogen and oxygen atoms in total. The fourth-order valence-electron chi connectivity index (χ4n) is 5.39. The van der Waals surface area contributed by atoms with E-state index in [0.717, 1.165) is 40.1 Å². The fourth-order valence-corrected chi connectivity index (χ4v) is 5.39. The van der Waals surface area contributed by atoms with Gasteiger partial charge in [0.05, 0.1) is 19.1 Å². The topological polar surface area (TPSA) is 116 Å². The van der Waals surface area contributed by atoms with Crippen molar-refractivity contribution in [1.29, 1.82) is 0 Å². The SMILES string of the molecule is Cc1ccc(C)n1[C@H](O)CNC(C)Cc1cccc(CC(=O)NCc2ccc(C(=O)N[C@@H](CO)Cc3ccccc3)cc2)c1. The molecule has 2 amide bonds. The summed E-state index contributed by atoms with van der Waals surface area (Å²) in [5.74, 6) is -0.329. The number of benzene rings is 3. The minimum absolute atomic E-state index is 0.0811. The van der Waals surface area contributed by atoms with Crippen LogP contribution in [-0.4, -0.2) is 51.8 Å². The van der Waals surface area contributed by atoms with Gasteiger partial charge in [0.2, 0.25) is 5.91 Å². The van der Waals surface area contributed by atoms with Gasteiger partial charge in [0.1, 0.15) is 6.23 Å². The summed E-state index contributed by atoms with van der Waals surface area (Å²) in [6.45, 7) is 6.72. The number of carbonyl (C=O) groups excluding carboxylic acids is 2. The maximum Gasteiger partial charge on any atom is 0.251 e. The number of aliphatic hydroxyl groups is 2. The summed E-state index contributed by atoms with van der Waals surface area (Å²) in [4.78, 5) is 25.4. The van der Waals surface area contributed by atoms with Gasteiger partial charge in [-0.25, -0.2) is 0 Å². The van der Waals surface area contributed by atoms with Crippen LogP contribution in [0.15, 0.2) is 91.0 Å². The number of nitrogens with one attached hydrogen (secondary N) is 3. The van der Waals surface area contributed by atoms with Gasteiger partial charge < -0.3 is 30.7 Å². The van der Waals surface area contributed by atoms with E-state index in [1.165, 1.54) is 0 Å². The number of aromatic nitrogens is 1. The molecule has 8 heteroatoms. The van der Waals surface area contributed by atoms with Gasteiger partial charge in [0, 0.05) is 36.1 Å². The van der Waals surface area contributed by atoms with Gasteiger partial charge in [-0.05, 0) is 80.1 Å². The predicted molar refractivity (Wildman–Crippen MR) is 173 cm³/mol. The minimum Gasteiger partial charge on any atom is -0.394 e. The van der Waals surface area contributed by atoms with Gasteiger partial charge in [-0.1, -0.05) is 66.7 Å². The molecule has 3 aromatic carbocycles.